The van der Waals surface area contributed by atoms with Crippen LogP contribution in [-0.2, 0) is 20.9 Å². The van der Waals surface area contributed by atoms with Crippen molar-refractivity contribution < 1.29 is 26.0 Å². The number of sulfone groups is 1. The van der Waals surface area contributed by atoms with E-state index in [-0.39, 0.29) is 0 Å². The van der Waals surface area contributed by atoms with Gasteiger partial charge in [-0.25, -0.2) is 12.6 Å². The summed E-state index contributed by atoms with van der Waals surface area (Å²) in [7, 11) is -5.12. The number of halogens is 2. The molecule has 84 valence electrons. The maximum atomic E-state index is 12.9. The predicted molar refractivity (Wildman–Crippen MR) is 49.3 cm³/mol. The van der Waals surface area contributed by atoms with Gasteiger partial charge in [-0.05, 0) is 12.1 Å². The van der Waals surface area contributed by atoms with Crippen LogP contribution in [0.4, 0.5) is 8.78 Å². The SMILES string of the molecule is O=S(O)C(F)(F)S(=O)(=O)c1ccccc1. The van der Waals surface area contributed by atoms with E-state index < -0.39 is 30.4 Å². The minimum atomic E-state index is -5.12. The molecule has 0 spiro atoms. The van der Waals surface area contributed by atoms with Gasteiger partial charge in [0.1, 0.15) is 0 Å². The van der Waals surface area contributed by atoms with Crippen LogP contribution in [0.1, 0.15) is 0 Å². The Kier molecular flexibility index (Phi) is 3.22. The van der Waals surface area contributed by atoms with E-state index >= 15 is 0 Å². The topological polar surface area (TPSA) is 71.4 Å². The van der Waals surface area contributed by atoms with Gasteiger partial charge in [0.15, 0.2) is 0 Å². The number of benzene rings is 1. The molecule has 0 aliphatic carbocycles. The number of rotatable bonds is 3. The van der Waals surface area contributed by atoms with Crippen LogP contribution in [0.3, 0.4) is 0 Å². The molecule has 0 saturated carbocycles. The van der Waals surface area contributed by atoms with Gasteiger partial charge >= 0.3 is 4.59 Å². The third-order valence-corrected chi connectivity index (χ3v) is 4.58. The molecule has 0 aromatic heterocycles. The lowest BCUT2D eigenvalue weighted by atomic mass is 10.4. The minimum Gasteiger partial charge on any atom is -0.301 e. The Hall–Kier alpha value is -0.860. The van der Waals surface area contributed by atoms with Crippen LogP contribution in [-0.4, -0.2) is 21.8 Å². The first-order chi connectivity index (χ1) is 6.80. The molecule has 15 heavy (non-hydrogen) atoms. The lowest BCUT2D eigenvalue weighted by Crippen LogP contribution is -2.33. The highest BCUT2D eigenvalue weighted by Gasteiger charge is 2.52. The molecule has 0 fully saturated rings. The molecule has 1 unspecified atom stereocenters. The Morgan fingerprint density at radius 1 is 1.20 bits per heavy atom. The van der Waals surface area contributed by atoms with Crippen LogP contribution in [0.2, 0.25) is 0 Å². The first kappa shape index (κ1) is 12.2. The summed E-state index contributed by atoms with van der Waals surface area (Å²) in [5.74, 6) is 0. The van der Waals surface area contributed by atoms with E-state index in [1.54, 1.807) is 0 Å². The van der Waals surface area contributed by atoms with Gasteiger partial charge in [-0.15, -0.1) is 0 Å². The van der Waals surface area contributed by atoms with E-state index in [9.17, 15) is 21.4 Å². The van der Waals surface area contributed by atoms with Crippen molar-refractivity contribution in [2.75, 3.05) is 0 Å². The van der Waals surface area contributed by atoms with Crippen LogP contribution in [0.25, 0.3) is 0 Å². The van der Waals surface area contributed by atoms with Crippen LogP contribution < -0.4 is 0 Å². The first-order valence-corrected chi connectivity index (χ1v) is 6.17. The molecule has 4 nitrogen and oxygen atoms in total. The van der Waals surface area contributed by atoms with Crippen LogP contribution in [0.5, 0.6) is 0 Å². The van der Waals surface area contributed by atoms with Crippen molar-refractivity contribution >= 4 is 20.9 Å². The number of hydrogen-bond donors (Lipinski definition) is 1. The summed E-state index contributed by atoms with van der Waals surface area (Å²) in [4.78, 5) is -0.697. The molecule has 1 rings (SSSR count). The van der Waals surface area contributed by atoms with Crippen LogP contribution >= 0.6 is 0 Å². The molecule has 8 heteroatoms. The smallest absolute Gasteiger partial charge is 0.301 e. The van der Waals surface area contributed by atoms with E-state index in [1.807, 2.05) is 0 Å². The summed E-state index contributed by atoms with van der Waals surface area (Å²) < 4.78 is 61.9. The largest absolute Gasteiger partial charge is 0.448 e. The average molecular weight is 256 g/mol. The fourth-order valence-corrected chi connectivity index (χ4v) is 2.66. The van der Waals surface area contributed by atoms with Crippen molar-refractivity contribution in [3.8, 4) is 0 Å². The van der Waals surface area contributed by atoms with Gasteiger partial charge < -0.3 is 4.55 Å². The van der Waals surface area contributed by atoms with Gasteiger partial charge in [0.2, 0.25) is 11.1 Å². The number of hydrogen-bond acceptors (Lipinski definition) is 3. The van der Waals surface area contributed by atoms with E-state index in [2.05, 4.69) is 0 Å². The molecular formula is C7H6F2O4S2. The van der Waals surface area contributed by atoms with Gasteiger partial charge in [0.25, 0.3) is 9.84 Å². The maximum Gasteiger partial charge on any atom is 0.448 e. The second kappa shape index (κ2) is 3.95. The van der Waals surface area contributed by atoms with Crippen molar-refractivity contribution in [2.24, 2.45) is 0 Å². The monoisotopic (exact) mass is 256 g/mol. The van der Waals surface area contributed by atoms with Gasteiger partial charge in [0.05, 0.1) is 4.90 Å². The maximum absolute atomic E-state index is 12.9. The highest BCUT2D eigenvalue weighted by molar-refractivity contribution is 8.05. The molecule has 0 bridgehead atoms. The molecule has 1 aromatic carbocycles. The van der Waals surface area contributed by atoms with Gasteiger partial charge in [0, 0.05) is 0 Å². The predicted octanol–water partition coefficient (Wildman–Crippen LogP) is 1.23. The summed E-state index contributed by atoms with van der Waals surface area (Å²) in [6.45, 7) is 0. The standard InChI is InChI=1S/C7H6F2O4S2/c8-7(9,14(10)11)15(12,13)6-4-2-1-3-5-6/h1-5H,(H,10,11). The first-order valence-electron chi connectivity index (χ1n) is 3.58. The van der Waals surface area contributed by atoms with E-state index in [4.69, 9.17) is 4.55 Å². The number of alkyl halides is 2. The highest BCUT2D eigenvalue weighted by Crippen LogP contribution is 2.31. The minimum absolute atomic E-state index is 0.697. The van der Waals surface area contributed by atoms with E-state index in [0.29, 0.717) is 0 Å². The van der Waals surface area contributed by atoms with E-state index in [0.717, 1.165) is 12.1 Å². The fraction of sp³-hybridized carbons (Fsp3) is 0.143. The summed E-state index contributed by atoms with van der Waals surface area (Å²) in [6, 6.07) is 5.77. The Balaban J connectivity index is 3.33. The van der Waals surface area contributed by atoms with Gasteiger partial charge in [-0.2, -0.15) is 8.78 Å². The molecular weight excluding hydrogens is 250 g/mol. The average Bonchev–Trinajstić information content (AvgIpc) is 2.18. The molecule has 1 atom stereocenters. The third kappa shape index (κ3) is 2.06. The van der Waals surface area contributed by atoms with Crippen molar-refractivity contribution in [3.63, 3.8) is 0 Å². The lowest BCUT2D eigenvalue weighted by Gasteiger charge is -2.12. The van der Waals surface area contributed by atoms with Crippen molar-refractivity contribution in [1.82, 2.24) is 0 Å². The van der Waals surface area contributed by atoms with Crippen LogP contribution in [0.15, 0.2) is 35.2 Å². The molecule has 0 saturated heterocycles. The molecule has 0 amide bonds. The Labute approximate surface area is 87.1 Å². The lowest BCUT2D eigenvalue weighted by molar-refractivity contribution is 0.177. The molecule has 0 aliphatic heterocycles. The van der Waals surface area contributed by atoms with Crippen LogP contribution in [0, 0.1) is 0 Å². The van der Waals surface area contributed by atoms with Crippen molar-refractivity contribution in [1.29, 1.82) is 0 Å². The Bertz CT molecular complexity index is 469. The molecule has 0 aliphatic rings. The normalized spacial score (nSPS) is 14.9. The third-order valence-electron chi connectivity index (χ3n) is 1.57. The molecule has 1 N–H and O–H groups in total. The highest BCUT2D eigenvalue weighted by atomic mass is 32.3. The zero-order valence-electron chi connectivity index (χ0n) is 7.13. The van der Waals surface area contributed by atoms with E-state index in [1.165, 1.54) is 18.2 Å². The van der Waals surface area contributed by atoms with Gasteiger partial charge in [-0.3, -0.25) is 0 Å². The zero-order chi connectivity index (χ0) is 11.7. The quantitative estimate of drug-likeness (QED) is 0.826. The van der Waals surface area contributed by atoms with Crippen molar-refractivity contribution in [3.05, 3.63) is 30.3 Å². The summed E-state index contributed by atoms with van der Waals surface area (Å²) in [5, 5.41) is 0. The Morgan fingerprint density at radius 3 is 2.07 bits per heavy atom. The second-order valence-corrected chi connectivity index (χ2v) is 5.79. The fourth-order valence-electron chi connectivity index (χ4n) is 0.831. The zero-order valence-corrected chi connectivity index (χ0v) is 8.76. The summed E-state index contributed by atoms with van der Waals surface area (Å²) >= 11 is -3.77. The van der Waals surface area contributed by atoms with Crippen molar-refractivity contribution in [2.45, 2.75) is 9.48 Å². The summed E-state index contributed by atoms with van der Waals surface area (Å²) in [6.07, 6.45) is 0. The van der Waals surface area contributed by atoms with Gasteiger partial charge in [-0.1, -0.05) is 18.2 Å². The Morgan fingerprint density at radius 2 is 1.67 bits per heavy atom. The second-order valence-electron chi connectivity index (χ2n) is 2.53. The molecule has 0 radical (unpaired) electrons. The molecule has 1 aromatic rings. The molecule has 0 heterocycles. The summed E-state index contributed by atoms with van der Waals surface area (Å²) in [5.41, 5.74) is 0.